The molecule has 0 aromatic heterocycles. The third kappa shape index (κ3) is 2.32. The highest BCUT2D eigenvalue weighted by atomic mass is 79.9. The van der Waals surface area contributed by atoms with Gasteiger partial charge < -0.3 is 5.11 Å². The average molecular weight is 228 g/mol. The molecule has 1 aromatic carbocycles. The Morgan fingerprint density at radius 1 is 1.50 bits per heavy atom. The second kappa shape index (κ2) is 4.63. The molecule has 0 aliphatic heterocycles. The maximum absolute atomic E-state index is 8.92. The van der Waals surface area contributed by atoms with Gasteiger partial charge in [0.1, 0.15) is 6.61 Å². The van der Waals surface area contributed by atoms with Crippen LogP contribution in [0.4, 0.5) is 0 Å². The Morgan fingerprint density at radius 3 is 2.83 bits per heavy atom. The number of halogens is 1. The summed E-state index contributed by atoms with van der Waals surface area (Å²) in [4.78, 5) is 0. The summed E-state index contributed by atoms with van der Waals surface area (Å²) in [5.74, 6) is 0. The lowest BCUT2D eigenvalue weighted by molar-refractivity contribution is 0.413. The molecule has 0 fully saturated rings. The first-order valence-electron chi connectivity index (χ1n) is 4.03. The molecule has 1 N–H and O–H groups in total. The molecule has 0 spiro atoms. The fourth-order valence-electron chi connectivity index (χ4n) is 1.18. The van der Waals surface area contributed by atoms with Gasteiger partial charge in [-0.15, -0.1) is 0 Å². The van der Waals surface area contributed by atoms with Gasteiger partial charge in [0.2, 0.25) is 0 Å². The quantitative estimate of drug-likeness (QED) is 0.841. The van der Waals surface area contributed by atoms with E-state index in [4.69, 9.17) is 5.11 Å². The Balaban J connectivity index is 2.94. The predicted molar refractivity (Wildman–Crippen MR) is 53.5 cm³/mol. The summed E-state index contributed by atoms with van der Waals surface area (Å²) in [7, 11) is 0. The molecule has 1 radical (unpaired) electrons. The van der Waals surface area contributed by atoms with Gasteiger partial charge in [-0.05, 0) is 29.7 Å². The van der Waals surface area contributed by atoms with Crippen LogP contribution in [0.3, 0.4) is 0 Å². The molecule has 0 saturated carbocycles. The van der Waals surface area contributed by atoms with E-state index in [0.29, 0.717) is 0 Å². The minimum atomic E-state index is 0.909. The van der Waals surface area contributed by atoms with E-state index in [-0.39, 0.29) is 0 Å². The zero-order valence-corrected chi connectivity index (χ0v) is 8.63. The van der Waals surface area contributed by atoms with E-state index in [1.807, 2.05) is 18.2 Å². The van der Waals surface area contributed by atoms with E-state index < -0.39 is 0 Å². The summed E-state index contributed by atoms with van der Waals surface area (Å²) >= 11 is 3.36. The Kier molecular flexibility index (Phi) is 3.76. The topological polar surface area (TPSA) is 20.2 Å². The monoisotopic (exact) mass is 227 g/mol. The number of benzene rings is 1. The summed E-state index contributed by atoms with van der Waals surface area (Å²) < 4.78 is 1.00. The second-order valence-corrected chi connectivity index (χ2v) is 3.64. The SMILES string of the molecule is CCCc1ccc(Br)cc1[CH]O. The van der Waals surface area contributed by atoms with Crippen molar-refractivity contribution in [2.24, 2.45) is 0 Å². The molecule has 0 unspecified atom stereocenters. The lowest BCUT2D eigenvalue weighted by Crippen LogP contribution is -1.91. The molecule has 0 bridgehead atoms. The number of aliphatic hydroxyl groups is 1. The number of hydrogen-bond acceptors (Lipinski definition) is 1. The first-order valence-corrected chi connectivity index (χ1v) is 4.83. The standard InChI is InChI=1S/C10H12BrO/c1-2-3-8-4-5-10(11)6-9(8)7-12/h4-7,12H,2-3H2,1H3. The van der Waals surface area contributed by atoms with Crippen LogP contribution in [0.2, 0.25) is 0 Å². The first kappa shape index (κ1) is 9.75. The summed E-state index contributed by atoms with van der Waals surface area (Å²) in [6.45, 7) is 3.29. The van der Waals surface area contributed by atoms with Crippen molar-refractivity contribution in [1.29, 1.82) is 0 Å². The Bertz CT molecular complexity index is 258. The van der Waals surface area contributed by atoms with Crippen LogP contribution in [0.25, 0.3) is 0 Å². The molecule has 0 heterocycles. The molecular weight excluding hydrogens is 216 g/mol. The third-order valence-electron chi connectivity index (χ3n) is 1.77. The van der Waals surface area contributed by atoms with Crippen LogP contribution >= 0.6 is 15.9 Å². The van der Waals surface area contributed by atoms with Crippen molar-refractivity contribution < 1.29 is 5.11 Å². The molecule has 0 saturated heterocycles. The molecule has 0 aliphatic carbocycles. The highest BCUT2D eigenvalue weighted by Gasteiger charge is 2.00. The van der Waals surface area contributed by atoms with E-state index in [1.54, 1.807) is 0 Å². The van der Waals surface area contributed by atoms with Crippen LogP contribution in [-0.4, -0.2) is 5.11 Å². The third-order valence-corrected chi connectivity index (χ3v) is 2.26. The average Bonchev–Trinajstić information content (AvgIpc) is 2.08. The zero-order valence-electron chi connectivity index (χ0n) is 7.05. The molecule has 0 atom stereocenters. The van der Waals surface area contributed by atoms with Crippen molar-refractivity contribution in [3.05, 3.63) is 40.4 Å². The van der Waals surface area contributed by atoms with E-state index >= 15 is 0 Å². The van der Waals surface area contributed by atoms with Crippen LogP contribution in [0.5, 0.6) is 0 Å². The van der Waals surface area contributed by atoms with Crippen LogP contribution in [0, 0.1) is 6.61 Å². The van der Waals surface area contributed by atoms with E-state index in [9.17, 15) is 0 Å². The minimum Gasteiger partial charge on any atom is -0.385 e. The van der Waals surface area contributed by atoms with Gasteiger partial charge >= 0.3 is 0 Å². The van der Waals surface area contributed by atoms with Crippen molar-refractivity contribution in [1.82, 2.24) is 0 Å². The van der Waals surface area contributed by atoms with E-state index in [0.717, 1.165) is 29.5 Å². The predicted octanol–water partition coefficient (Wildman–Crippen LogP) is 3.28. The molecule has 65 valence electrons. The molecule has 2 heteroatoms. The first-order chi connectivity index (χ1) is 5.77. The number of rotatable bonds is 3. The maximum Gasteiger partial charge on any atom is 0.109 e. The zero-order chi connectivity index (χ0) is 8.97. The van der Waals surface area contributed by atoms with Crippen LogP contribution in [0.1, 0.15) is 24.5 Å². The lowest BCUT2D eigenvalue weighted by atomic mass is 10.0. The van der Waals surface area contributed by atoms with Crippen LogP contribution in [-0.2, 0) is 6.42 Å². The van der Waals surface area contributed by atoms with Gasteiger partial charge in [-0.3, -0.25) is 0 Å². The van der Waals surface area contributed by atoms with Crippen molar-refractivity contribution in [3.63, 3.8) is 0 Å². The van der Waals surface area contributed by atoms with Crippen molar-refractivity contribution in [2.75, 3.05) is 0 Å². The van der Waals surface area contributed by atoms with Crippen molar-refractivity contribution in [3.8, 4) is 0 Å². The molecular formula is C10H12BrO. The normalized spacial score (nSPS) is 10.2. The second-order valence-electron chi connectivity index (χ2n) is 2.72. The molecule has 0 amide bonds. The lowest BCUT2D eigenvalue weighted by Gasteiger charge is -2.05. The van der Waals surface area contributed by atoms with Gasteiger partial charge in [-0.1, -0.05) is 35.3 Å². The fraction of sp³-hybridized carbons (Fsp3) is 0.300. The maximum atomic E-state index is 8.92. The van der Waals surface area contributed by atoms with Gasteiger partial charge in [0.25, 0.3) is 0 Å². The van der Waals surface area contributed by atoms with Crippen molar-refractivity contribution >= 4 is 15.9 Å². The molecule has 0 aliphatic rings. The van der Waals surface area contributed by atoms with Crippen LogP contribution in [0.15, 0.2) is 22.7 Å². The van der Waals surface area contributed by atoms with Gasteiger partial charge in [0.05, 0.1) is 0 Å². The van der Waals surface area contributed by atoms with Crippen LogP contribution < -0.4 is 0 Å². The minimum absolute atomic E-state index is 0.909. The Labute approximate surface area is 81.6 Å². The molecule has 1 aromatic rings. The number of aliphatic hydroxyl groups excluding tert-OH is 1. The molecule has 12 heavy (non-hydrogen) atoms. The van der Waals surface area contributed by atoms with Crippen molar-refractivity contribution in [2.45, 2.75) is 19.8 Å². The fourth-order valence-corrected chi connectivity index (χ4v) is 1.56. The van der Waals surface area contributed by atoms with Gasteiger partial charge in [0.15, 0.2) is 0 Å². The van der Waals surface area contributed by atoms with Gasteiger partial charge in [-0.2, -0.15) is 0 Å². The Hall–Kier alpha value is -0.340. The Morgan fingerprint density at radius 2 is 2.25 bits per heavy atom. The van der Waals surface area contributed by atoms with Gasteiger partial charge in [0, 0.05) is 4.47 Å². The number of hydrogen-bond donors (Lipinski definition) is 1. The number of aryl methyl sites for hydroxylation is 1. The van der Waals surface area contributed by atoms with E-state index in [2.05, 4.69) is 22.9 Å². The smallest absolute Gasteiger partial charge is 0.109 e. The summed E-state index contributed by atoms with van der Waals surface area (Å²) in [6.07, 6.45) is 2.11. The molecule has 1 nitrogen and oxygen atoms in total. The van der Waals surface area contributed by atoms with Gasteiger partial charge in [-0.25, -0.2) is 0 Å². The largest absolute Gasteiger partial charge is 0.385 e. The summed E-state index contributed by atoms with van der Waals surface area (Å²) in [5, 5.41) is 8.92. The summed E-state index contributed by atoms with van der Waals surface area (Å²) in [5.41, 5.74) is 2.11. The highest BCUT2D eigenvalue weighted by molar-refractivity contribution is 9.10. The highest BCUT2D eigenvalue weighted by Crippen LogP contribution is 2.18. The van der Waals surface area contributed by atoms with E-state index in [1.165, 1.54) is 5.56 Å². The molecule has 1 rings (SSSR count). The summed E-state index contributed by atoms with van der Waals surface area (Å²) in [6, 6.07) is 5.96.